The molecule has 0 bridgehead atoms. The number of nitrogens with zero attached hydrogens (tertiary/aromatic N) is 1. The van der Waals surface area contributed by atoms with E-state index in [1.54, 1.807) is 0 Å². The average Bonchev–Trinajstić information content (AvgIpc) is 2.30. The Morgan fingerprint density at radius 3 is 3.36 bits per heavy atom. The van der Waals surface area contributed by atoms with E-state index in [0.717, 1.165) is 0 Å². The molecule has 2 nitrogen and oxygen atoms in total. The van der Waals surface area contributed by atoms with Gasteiger partial charge < -0.3 is 4.74 Å². The van der Waals surface area contributed by atoms with Crippen molar-refractivity contribution in [3.05, 3.63) is 22.7 Å². The Hall–Kier alpha value is -0.570. The molecular weight excluding hydrogens is 206 g/mol. The van der Waals surface area contributed by atoms with Gasteiger partial charge in [-0.3, -0.25) is 0 Å². The van der Waals surface area contributed by atoms with Crippen molar-refractivity contribution in [2.24, 2.45) is 0 Å². The van der Waals surface area contributed by atoms with Gasteiger partial charge in [0.05, 0.1) is 11.6 Å². The highest BCUT2D eigenvalue weighted by Gasteiger charge is 1.97. The number of halogens is 1. The summed E-state index contributed by atoms with van der Waals surface area (Å²) in [5.74, 6) is -0.815. The first-order chi connectivity index (χ1) is 9.22. The maximum atomic E-state index is 7.66. The van der Waals surface area contributed by atoms with Crippen molar-refractivity contribution < 1.29 is 18.4 Å². The number of ether oxygens (including phenoxy) is 1. The molecule has 1 aromatic heterocycles. The van der Waals surface area contributed by atoms with Crippen molar-refractivity contribution in [1.82, 2.24) is 4.98 Å². The molecule has 0 saturated heterocycles. The van der Waals surface area contributed by atoms with Crippen LogP contribution in [-0.2, 0) is 0 Å². The molecule has 60 valence electrons. The predicted molar refractivity (Wildman–Crippen MR) is 47.7 cm³/mol. The molecule has 3 heteroatoms. The van der Waals surface area contributed by atoms with Crippen LogP contribution in [0.15, 0.2) is 22.7 Å². The summed E-state index contributed by atoms with van der Waals surface area (Å²) < 4.78 is 77.7. The molecule has 0 aliphatic carbocycles. The summed E-state index contributed by atoms with van der Waals surface area (Å²) in [4.78, 5) is 3.52. The summed E-state index contributed by atoms with van der Waals surface area (Å²) in [7, 11) is 0. The molecule has 0 aliphatic rings. The third-order valence-electron chi connectivity index (χ3n) is 0.734. The Balaban J connectivity index is 3.43. The van der Waals surface area contributed by atoms with Crippen LogP contribution in [0.1, 0.15) is 27.4 Å². The smallest absolute Gasteiger partial charge is 0.214 e. The quantitative estimate of drug-likeness (QED) is 0.723. The van der Waals surface area contributed by atoms with E-state index >= 15 is 0 Å². The van der Waals surface area contributed by atoms with E-state index < -0.39 is 43.8 Å². The Bertz CT molecular complexity index is 539. The normalized spacial score (nSPS) is 26.6. The number of rotatable bonds is 2. The van der Waals surface area contributed by atoms with Crippen LogP contribution in [0.2, 0.25) is 0 Å². The minimum absolute atomic E-state index is 0.225. The van der Waals surface area contributed by atoms with E-state index in [-0.39, 0.29) is 4.60 Å². The van der Waals surface area contributed by atoms with Gasteiger partial charge in [0, 0.05) is 14.3 Å². The van der Waals surface area contributed by atoms with Gasteiger partial charge in [-0.25, -0.2) is 4.98 Å². The van der Waals surface area contributed by atoms with Crippen molar-refractivity contribution in [1.29, 1.82) is 0 Å². The maximum Gasteiger partial charge on any atom is 0.214 e. The fourth-order valence-corrected chi connectivity index (χ4v) is 0.687. The molecule has 0 saturated carbocycles. The van der Waals surface area contributed by atoms with Gasteiger partial charge in [0.25, 0.3) is 0 Å². The number of pyridine rings is 1. The van der Waals surface area contributed by atoms with Crippen molar-refractivity contribution in [2.45, 2.75) is 19.8 Å². The summed E-state index contributed by atoms with van der Waals surface area (Å²) in [6.45, 7) is -6.69. The van der Waals surface area contributed by atoms with Crippen molar-refractivity contribution >= 4 is 15.9 Å². The molecule has 0 fully saturated rings. The second kappa shape index (κ2) is 3.72. The number of hydrogen-bond donors (Lipinski definition) is 0. The molecule has 0 unspecified atom stereocenters. The monoisotopic (exact) mass is 225 g/mol. The van der Waals surface area contributed by atoms with E-state index in [4.69, 9.17) is 13.7 Å². The van der Waals surface area contributed by atoms with Gasteiger partial charge in [0.15, 0.2) is 0 Å². The number of aromatic nitrogens is 1. The maximum absolute atomic E-state index is 7.66. The van der Waals surface area contributed by atoms with Crippen LogP contribution in [-0.4, -0.2) is 11.1 Å². The Labute approximate surface area is 88.8 Å². The highest BCUT2D eigenvalue weighted by Crippen LogP contribution is 2.12. The average molecular weight is 226 g/mol. The van der Waals surface area contributed by atoms with Crippen LogP contribution in [0.25, 0.3) is 0 Å². The second-order valence-electron chi connectivity index (χ2n) is 1.51. The molecule has 0 aliphatic heterocycles. The lowest BCUT2D eigenvalue weighted by Gasteiger charge is -2.07. The van der Waals surface area contributed by atoms with Crippen LogP contribution >= 0.6 is 15.9 Å². The lowest BCUT2D eigenvalue weighted by molar-refractivity contribution is 0.232. The molecular formula is C8H10BrNO. The van der Waals surface area contributed by atoms with Gasteiger partial charge in [-0.15, -0.1) is 0 Å². The Morgan fingerprint density at radius 2 is 2.64 bits per heavy atom. The van der Waals surface area contributed by atoms with Gasteiger partial charge in [0.2, 0.25) is 5.88 Å². The largest absolute Gasteiger partial charge is 0.475 e. The molecule has 1 aromatic rings. The fraction of sp³-hybridized carbons (Fsp3) is 0.375. The number of hydrogen-bond acceptors (Lipinski definition) is 2. The van der Waals surface area contributed by atoms with Crippen molar-refractivity contribution in [3.63, 3.8) is 0 Å². The second-order valence-corrected chi connectivity index (χ2v) is 2.27. The minimum atomic E-state index is -3.35. The van der Waals surface area contributed by atoms with Crippen LogP contribution in [0.3, 0.4) is 0 Å². The van der Waals surface area contributed by atoms with Crippen molar-refractivity contribution in [3.8, 4) is 5.88 Å². The zero-order valence-electron chi connectivity index (χ0n) is 15.2. The first-order valence-corrected chi connectivity index (χ1v) is 3.34. The Kier molecular flexibility index (Phi) is 0.751. The van der Waals surface area contributed by atoms with Gasteiger partial charge in [-0.1, -0.05) is 6.04 Å². The van der Waals surface area contributed by atoms with E-state index in [9.17, 15) is 0 Å². The van der Waals surface area contributed by atoms with Gasteiger partial charge >= 0.3 is 0 Å². The highest BCUT2D eigenvalue weighted by molar-refractivity contribution is 9.10. The van der Waals surface area contributed by atoms with Crippen LogP contribution in [0.5, 0.6) is 5.88 Å². The summed E-state index contributed by atoms with van der Waals surface area (Å²) in [6, 6.07) is -1.84. The topological polar surface area (TPSA) is 22.1 Å². The van der Waals surface area contributed by atoms with E-state index in [1.807, 2.05) is 0 Å². The molecule has 0 atom stereocenters. The lowest BCUT2D eigenvalue weighted by Crippen LogP contribution is -2.06. The standard InChI is InChI=1S/C8H10BrNO/c1-6(2)11-8-5-3-4-7(9)10-8/h3-6H,1-2H3/i1D3,2D3,3D,4D,5D,6D. The molecule has 0 radical (unpaired) electrons. The van der Waals surface area contributed by atoms with E-state index in [0.29, 0.717) is 0 Å². The molecule has 1 heterocycles. The molecule has 0 spiro atoms. The zero-order valence-corrected chi connectivity index (χ0v) is 6.82. The van der Waals surface area contributed by atoms with E-state index in [1.165, 1.54) is 0 Å². The van der Waals surface area contributed by atoms with E-state index in [2.05, 4.69) is 25.7 Å². The summed E-state index contributed by atoms with van der Waals surface area (Å²) in [6.07, 6.45) is -3.35. The van der Waals surface area contributed by atoms with Crippen LogP contribution in [0, 0.1) is 0 Å². The predicted octanol–water partition coefficient (Wildman–Crippen LogP) is 2.63. The third-order valence-corrected chi connectivity index (χ3v) is 1.11. The lowest BCUT2D eigenvalue weighted by atomic mass is 10.4. The SMILES string of the molecule is [2H]c1c(Br)nc(OC([2H])(C([2H])([2H])[2H])C([2H])([2H])[2H])c([2H])c1[2H]. The Morgan fingerprint density at radius 1 is 1.82 bits per heavy atom. The zero-order chi connectivity index (χ0) is 16.8. The first-order valence-electron chi connectivity index (χ1n) is 7.54. The van der Waals surface area contributed by atoms with Crippen LogP contribution < -0.4 is 4.74 Å². The van der Waals surface area contributed by atoms with Gasteiger partial charge in [-0.05, 0) is 35.7 Å². The van der Waals surface area contributed by atoms with Crippen molar-refractivity contribution in [2.75, 3.05) is 0 Å². The summed E-state index contributed by atoms with van der Waals surface area (Å²) in [5.41, 5.74) is 0. The minimum Gasteiger partial charge on any atom is -0.475 e. The van der Waals surface area contributed by atoms with Gasteiger partial charge in [0.1, 0.15) is 4.60 Å². The molecule has 1 rings (SSSR count). The first kappa shape index (κ1) is 2.22. The molecule has 0 aromatic carbocycles. The molecule has 11 heavy (non-hydrogen) atoms. The molecule has 0 N–H and O–H groups in total. The summed E-state index contributed by atoms with van der Waals surface area (Å²) in [5, 5.41) is 0. The third kappa shape index (κ3) is 2.89. The summed E-state index contributed by atoms with van der Waals surface area (Å²) >= 11 is 2.82. The molecule has 0 amide bonds. The highest BCUT2D eigenvalue weighted by atomic mass is 79.9. The van der Waals surface area contributed by atoms with Crippen LogP contribution in [0.4, 0.5) is 0 Å². The fourth-order valence-electron chi connectivity index (χ4n) is 0.426. The van der Waals surface area contributed by atoms with Gasteiger partial charge in [-0.2, -0.15) is 0 Å².